The van der Waals surface area contributed by atoms with Gasteiger partial charge in [-0.05, 0) is 56.7 Å². The molecule has 0 saturated heterocycles. The summed E-state index contributed by atoms with van der Waals surface area (Å²) in [4.78, 5) is 1.27. The lowest BCUT2D eigenvalue weighted by Crippen LogP contribution is -2.22. The number of benzene rings is 1. The van der Waals surface area contributed by atoms with Crippen molar-refractivity contribution >= 4 is 27.3 Å². The van der Waals surface area contributed by atoms with Crippen LogP contribution < -0.4 is 10.1 Å². The largest absolute Gasteiger partial charge is 0.497 e. The molecule has 102 valence electrons. The van der Waals surface area contributed by atoms with E-state index in [-0.39, 0.29) is 0 Å². The van der Waals surface area contributed by atoms with Gasteiger partial charge in [0.25, 0.3) is 0 Å². The summed E-state index contributed by atoms with van der Waals surface area (Å²) in [6.45, 7) is 5.15. The van der Waals surface area contributed by atoms with Crippen LogP contribution in [0.2, 0.25) is 0 Å². The molecule has 0 unspecified atom stereocenters. The Morgan fingerprint density at radius 1 is 1.32 bits per heavy atom. The van der Waals surface area contributed by atoms with Crippen LogP contribution in [-0.4, -0.2) is 13.2 Å². The maximum absolute atomic E-state index is 5.33. The molecule has 1 heterocycles. The van der Waals surface area contributed by atoms with Crippen LogP contribution >= 0.6 is 27.3 Å². The molecule has 0 aliphatic rings. The molecular weight excluding hydrogens is 322 g/mol. The van der Waals surface area contributed by atoms with Crippen LogP contribution in [0.1, 0.15) is 19.4 Å². The van der Waals surface area contributed by atoms with Crippen molar-refractivity contribution in [1.29, 1.82) is 0 Å². The first kappa shape index (κ1) is 14.6. The fraction of sp³-hybridized carbons (Fsp3) is 0.333. The summed E-state index contributed by atoms with van der Waals surface area (Å²) in [6.07, 6.45) is 0. The molecule has 1 aromatic carbocycles. The monoisotopic (exact) mass is 339 g/mol. The Bertz CT molecular complexity index is 551. The number of hydrogen-bond donors (Lipinski definition) is 1. The van der Waals surface area contributed by atoms with Crippen LogP contribution in [0.25, 0.3) is 10.4 Å². The molecule has 0 amide bonds. The van der Waals surface area contributed by atoms with E-state index in [1.54, 1.807) is 18.4 Å². The van der Waals surface area contributed by atoms with Crippen molar-refractivity contribution in [3.05, 3.63) is 39.7 Å². The van der Waals surface area contributed by atoms with Crippen molar-refractivity contribution < 1.29 is 4.74 Å². The van der Waals surface area contributed by atoms with E-state index in [0.29, 0.717) is 6.04 Å². The number of nitrogens with one attached hydrogen (secondary N) is 1. The maximum Gasteiger partial charge on any atom is 0.119 e. The van der Waals surface area contributed by atoms with Gasteiger partial charge in [0.2, 0.25) is 0 Å². The van der Waals surface area contributed by atoms with Gasteiger partial charge >= 0.3 is 0 Å². The van der Waals surface area contributed by atoms with E-state index >= 15 is 0 Å². The first-order valence-electron chi connectivity index (χ1n) is 6.25. The quantitative estimate of drug-likeness (QED) is 0.853. The van der Waals surface area contributed by atoms with Gasteiger partial charge in [-0.1, -0.05) is 13.8 Å². The highest BCUT2D eigenvalue weighted by atomic mass is 79.9. The van der Waals surface area contributed by atoms with Crippen molar-refractivity contribution in [2.75, 3.05) is 7.11 Å². The predicted molar refractivity (Wildman–Crippen MR) is 86.0 cm³/mol. The molecule has 2 aromatic rings. The minimum Gasteiger partial charge on any atom is -0.497 e. The third-order valence-corrected chi connectivity index (χ3v) is 4.75. The second kappa shape index (κ2) is 6.55. The van der Waals surface area contributed by atoms with Gasteiger partial charge in [-0.15, -0.1) is 11.3 Å². The fourth-order valence-corrected chi connectivity index (χ4v) is 3.51. The normalized spacial score (nSPS) is 11.0. The van der Waals surface area contributed by atoms with Gasteiger partial charge in [0, 0.05) is 21.9 Å². The number of halogens is 1. The molecular formula is C15H18BrNOS. The van der Waals surface area contributed by atoms with E-state index in [2.05, 4.69) is 58.7 Å². The summed E-state index contributed by atoms with van der Waals surface area (Å²) < 4.78 is 6.47. The van der Waals surface area contributed by atoms with Gasteiger partial charge in [0.1, 0.15) is 5.75 Å². The molecule has 0 spiro atoms. The predicted octanol–water partition coefficient (Wildman–Crippen LogP) is 4.68. The van der Waals surface area contributed by atoms with Crippen LogP contribution in [0.5, 0.6) is 5.75 Å². The Hall–Kier alpha value is -0.840. The first-order chi connectivity index (χ1) is 9.11. The summed E-state index contributed by atoms with van der Waals surface area (Å²) in [5, 5.41) is 5.57. The Kier molecular flexibility index (Phi) is 5.02. The van der Waals surface area contributed by atoms with Crippen molar-refractivity contribution in [3.8, 4) is 16.2 Å². The van der Waals surface area contributed by atoms with Gasteiger partial charge in [0.05, 0.1) is 7.11 Å². The molecule has 2 nitrogen and oxygen atoms in total. The Morgan fingerprint density at radius 3 is 2.68 bits per heavy atom. The molecule has 0 fully saturated rings. The zero-order valence-corrected chi connectivity index (χ0v) is 13.8. The molecule has 0 radical (unpaired) electrons. The lowest BCUT2D eigenvalue weighted by Gasteiger charge is -2.13. The van der Waals surface area contributed by atoms with E-state index in [4.69, 9.17) is 4.74 Å². The summed E-state index contributed by atoms with van der Waals surface area (Å²) in [5.41, 5.74) is 2.52. The number of hydrogen-bond acceptors (Lipinski definition) is 3. The number of methoxy groups -OCH3 is 1. The summed E-state index contributed by atoms with van der Waals surface area (Å²) in [5.74, 6) is 0.900. The van der Waals surface area contributed by atoms with Crippen molar-refractivity contribution in [2.24, 2.45) is 0 Å². The number of ether oxygens (including phenoxy) is 1. The molecule has 0 saturated carbocycles. The van der Waals surface area contributed by atoms with Crippen molar-refractivity contribution in [2.45, 2.75) is 26.4 Å². The van der Waals surface area contributed by atoms with Gasteiger partial charge in [-0.2, -0.15) is 0 Å². The van der Waals surface area contributed by atoms with Gasteiger partial charge in [-0.25, -0.2) is 0 Å². The summed E-state index contributed by atoms with van der Waals surface area (Å²) >= 11 is 5.36. The highest BCUT2D eigenvalue weighted by Gasteiger charge is 2.11. The minimum atomic E-state index is 0.464. The summed E-state index contributed by atoms with van der Waals surface area (Å²) in [7, 11) is 1.70. The molecule has 2 rings (SSSR count). The molecule has 0 atom stereocenters. The maximum atomic E-state index is 5.33. The highest BCUT2D eigenvalue weighted by Crippen LogP contribution is 2.36. The molecule has 0 aliphatic heterocycles. The lowest BCUT2D eigenvalue weighted by atomic mass is 10.1. The average Bonchev–Trinajstić information content (AvgIpc) is 2.82. The van der Waals surface area contributed by atoms with Crippen molar-refractivity contribution in [3.63, 3.8) is 0 Å². The second-order valence-electron chi connectivity index (χ2n) is 4.66. The molecule has 0 bridgehead atoms. The van der Waals surface area contributed by atoms with Gasteiger partial charge in [-0.3, -0.25) is 0 Å². The zero-order valence-electron chi connectivity index (χ0n) is 11.4. The molecule has 1 N–H and O–H groups in total. The van der Waals surface area contributed by atoms with Crippen LogP contribution in [0.3, 0.4) is 0 Å². The van der Waals surface area contributed by atoms with Crippen LogP contribution in [0, 0.1) is 0 Å². The van der Waals surface area contributed by atoms with E-state index in [1.165, 1.54) is 16.0 Å². The topological polar surface area (TPSA) is 21.3 Å². The van der Waals surface area contributed by atoms with E-state index in [0.717, 1.165) is 16.8 Å². The Morgan fingerprint density at radius 2 is 2.11 bits per heavy atom. The highest BCUT2D eigenvalue weighted by molar-refractivity contribution is 9.10. The van der Waals surface area contributed by atoms with Crippen molar-refractivity contribution in [1.82, 2.24) is 5.32 Å². The van der Waals surface area contributed by atoms with E-state index in [9.17, 15) is 0 Å². The standard InChI is InChI=1S/C15H18BrNOS/c1-10(2)17-9-11-8-12(18-3)4-5-13(11)15-14(16)6-7-19-15/h4-8,10,17H,9H2,1-3H3. The minimum absolute atomic E-state index is 0.464. The van der Waals surface area contributed by atoms with Crippen LogP contribution in [0.15, 0.2) is 34.1 Å². The summed E-state index contributed by atoms with van der Waals surface area (Å²) in [6, 6.07) is 8.80. The number of thiophene rings is 1. The molecule has 19 heavy (non-hydrogen) atoms. The first-order valence-corrected chi connectivity index (χ1v) is 7.92. The Labute approximate surface area is 126 Å². The lowest BCUT2D eigenvalue weighted by molar-refractivity contribution is 0.414. The van der Waals surface area contributed by atoms with Gasteiger partial charge in [0.15, 0.2) is 0 Å². The third-order valence-electron chi connectivity index (χ3n) is 2.87. The van der Waals surface area contributed by atoms with E-state index < -0.39 is 0 Å². The van der Waals surface area contributed by atoms with E-state index in [1.807, 2.05) is 6.07 Å². The molecule has 4 heteroatoms. The second-order valence-corrected chi connectivity index (χ2v) is 6.43. The average molecular weight is 340 g/mol. The smallest absolute Gasteiger partial charge is 0.119 e. The third kappa shape index (κ3) is 3.59. The number of rotatable bonds is 5. The zero-order chi connectivity index (χ0) is 13.8. The Balaban J connectivity index is 2.39. The fourth-order valence-electron chi connectivity index (χ4n) is 1.86. The molecule has 1 aromatic heterocycles. The van der Waals surface area contributed by atoms with Crippen LogP contribution in [0.4, 0.5) is 0 Å². The van der Waals surface area contributed by atoms with Gasteiger partial charge < -0.3 is 10.1 Å². The SMILES string of the molecule is COc1ccc(-c2sccc2Br)c(CNC(C)C)c1. The van der Waals surface area contributed by atoms with Crippen LogP contribution in [-0.2, 0) is 6.54 Å². The molecule has 0 aliphatic carbocycles.